The fourth-order valence-corrected chi connectivity index (χ4v) is 2.74. The van der Waals surface area contributed by atoms with Gasteiger partial charge in [-0.25, -0.2) is 0 Å². The third-order valence-corrected chi connectivity index (χ3v) is 4.10. The predicted molar refractivity (Wildman–Crippen MR) is 100 cm³/mol. The van der Waals surface area contributed by atoms with Crippen molar-refractivity contribution in [1.29, 1.82) is 0 Å². The van der Waals surface area contributed by atoms with Crippen molar-refractivity contribution in [3.05, 3.63) is 78.2 Å². The van der Waals surface area contributed by atoms with Gasteiger partial charge in [0, 0.05) is 11.8 Å². The number of hydrogen-bond donors (Lipinski definition) is 1. The minimum Gasteiger partial charge on any atom is -0.491 e. The number of pyridine rings is 1. The Balaban J connectivity index is 1.42. The summed E-state index contributed by atoms with van der Waals surface area (Å²) in [6.45, 7) is 0.762. The van der Waals surface area contributed by atoms with Gasteiger partial charge in [-0.15, -0.1) is 10.2 Å². The molecule has 0 aliphatic heterocycles. The van der Waals surface area contributed by atoms with Crippen molar-refractivity contribution in [1.82, 2.24) is 25.6 Å². The average molecular weight is 361 g/mol. The van der Waals surface area contributed by atoms with Crippen LogP contribution >= 0.6 is 0 Å². The van der Waals surface area contributed by atoms with E-state index >= 15 is 0 Å². The fourth-order valence-electron chi connectivity index (χ4n) is 2.74. The zero-order valence-corrected chi connectivity index (χ0v) is 14.7. The number of H-pyrrole nitrogens is 1. The molecule has 4 aromatic rings. The van der Waals surface area contributed by atoms with Crippen molar-refractivity contribution in [2.24, 2.45) is 0 Å². The van der Waals surface area contributed by atoms with Gasteiger partial charge in [0.2, 0.25) is 0 Å². The van der Waals surface area contributed by atoms with E-state index in [0.717, 1.165) is 22.3 Å². The molecule has 0 bridgehead atoms. The summed E-state index contributed by atoms with van der Waals surface area (Å²) in [5.74, 6) is 1.38. The second-order valence-electron chi connectivity index (χ2n) is 6.08. The minimum absolute atomic E-state index is 0.226. The zero-order chi connectivity index (χ0) is 18.3. The molecule has 0 fully saturated rings. The smallest absolute Gasteiger partial charge is 0.177 e. The first-order valence-corrected chi connectivity index (χ1v) is 8.73. The molecular weight excluding hydrogens is 342 g/mol. The van der Waals surface area contributed by atoms with Crippen LogP contribution in [0.1, 0.15) is 11.5 Å². The molecule has 2 aromatic heterocycles. The second-order valence-corrected chi connectivity index (χ2v) is 6.08. The van der Waals surface area contributed by atoms with Crippen molar-refractivity contribution in [2.75, 3.05) is 6.61 Å². The zero-order valence-electron chi connectivity index (χ0n) is 14.7. The Morgan fingerprint density at radius 3 is 2.63 bits per heavy atom. The van der Waals surface area contributed by atoms with E-state index in [-0.39, 0.29) is 6.10 Å². The standard InChI is InChI=1S/C20H19N5O2/c1-2-7-17(8-3-1)27-14-18(12-20-22-24-25-23-20)26-13-16-11-10-15-6-4-5-9-19(15)21-16/h1-11,18H,12-14H2,(H,22,23,24,25). The molecular formula is C20H19N5O2. The molecule has 2 heterocycles. The number of nitrogens with one attached hydrogen (secondary N) is 1. The fraction of sp³-hybridized carbons (Fsp3) is 0.200. The Labute approximate surface area is 156 Å². The van der Waals surface area contributed by atoms with Crippen LogP contribution in [0.3, 0.4) is 0 Å². The molecule has 0 saturated heterocycles. The molecule has 7 nitrogen and oxygen atoms in total. The van der Waals surface area contributed by atoms with E-state index in [1.54, 1.807) is 0 Å². The summed E-state index contributed by atoms with van der Waals surface area (Å²) in [7, 11) is 0. The van der Waals surface area contributed by atoms with E-state index < -0.39 is 0 Å². The van der Waals surface area contributed by atoms with Gasteiger partial charge in [0.15, 0.2) is 5.82 Å². The number of hydrogen-bond acceptors (Lipinski definition) is 6. The van der Waals surface area contributed by atoms with E-state index in [1.165, 1.54) is 0 Å². The quantitative estimate of drug-likeness (QED) is 0.519. The van der Waals surface area contributed by atoms with Gasteiger partial charge >= 0.3 is 0 Å². The topological polar surface area (TPSA) is 85.8 Å². The first kappa shape index (κ1) is 17.1. The molecule has 0 amide bonds. The van der Waals surface area contributed by atoms with Crippen LogP contribution in [-0.4, -0.2) is 38.3 Å². The Morgan fingerprint density at radius 2 is 1.78 bits per heavy atom. The van der Waals surface area contributed by atoms with Gasteiger partial charge in [-0.05, 0) is 24.3 Å². The van der Waals surface area contributed by atoms with E-state index in [0.29, 0.717) is 25.5 Å². The van der Waals surface area contributed by atoms with Crippen LogP contribution < -0.4 is 4.74 Å². The molecule has 0 aliphatic carbocycles. The van der Waals surface area contributed by atoms with E-state index in [2.05, 4.69) is 31.7 Å². The van der Waals surface area contributed by atoms with E-state index in [4.69, 9.17) is 9.47 Å². The lowest BCUT2D eigenvalue weighted by Gasteiger charge is -2.17. The van der Waals surface area contributed by atoms with Crippen molar-refractivity contribution in [3.8, 4) is 5.75 Å². The summed E-state index contributed by atoms with van der Waals surface area (Å²) < 4.78 is 11.9. The molecule has 1 N–H and O–H groups in total. The lowest BCUT2D eigenvalue weighted by Crippen LogP contribution is -2.25. The molecule has 4 rings (SSSR count). The second kappa shape index (κ2) is 8.37. The monoisotopic (exact) mass is 361 g/mol. The number of tetrazole rings is 1. The Morgan fingerprint density at radius 1 is 0.926 bits per heavy atom. The van der Waals surface area contributed by atoms with E-state index in [1.807, 2.05) is 60.7 Å². The summed E-state index contributed by atoms with van der Waals surface area (Å²) in [5, 5.41) is 15.2. The molecule has 1 unspecified atom stereocenters. The number of aromatic nitrogens is 5. The molecule has 1 atom stereocenters. The lowest BCUT2D eigenvalue weighted by molar-refractivity contribution is 0.00748. The normalized spacial score (nSPS) is 12.1. The highest BCUT2D eigenvalue weighted by Crippen LogP contribution is 2.14. The van der Waals surface area contributed by atoms with Crippen molar-refractivity contribution < 1.29 is 9.47 Å². The number of fused-ring (bicyclic) bond motifs is 1. The number of benzene rings is 2. The summed E-state index contributed by atoms with van der Waals surface area (Å²) in [6, 6.07) is 21.7. The highest BCUT2D eigenvalue weighted by atomic mass is 16.5. The summed E-state index contributed by atoms with van der Waals surface area (Å²) in [5.41, 5.74) is 1.82. The summed E-state index contributed by atoms with van der Waals surface area (Å²) in [6.07, 6.45) is 0.271. The predicted octanol–water partition coefficient (Wildman–Crippen LogP) is 2.95. The number of para-hydroxylation sites is 2. The molecule has 0 radical (unpaired) electrons. The van der Waals surface area contributed by atoms with Crippen LogP contribution in [0.4, 0.5) is 0 Å². The van der Waals surface area contributed by atoms with Gasteiger partial charge in [-0.1, -0.05) is 47.7 Å². The van der Waals surface area contributed by atoms with Crippen LogP contribution in [0.5, 0.6) is 5.75 Å². The van der Waals surface area contributed by atoms with Crippen LogP contribution in [0.2, 0.25) is 0 Å². The molecule has 0 aliphatic rings. The van der Waals surface area contributed by atoms with Crippen LogP contribution in [-0.2, 0) is 17.8 Å². The summed E-state index contributed by atoms with van der Waals surface area (Å²) >= 11 is 0. The minimum atomic E-state index is -0.226. The Kier molecular flexibility index (Phi) is 5.31. The number of nitrogens with zero attached hydrogens (tertiary/aromatic N) is 4. The maximum Gasteiger partial charge on any atom is 0.177 e. The Bertz CT molecular complexity index is 976. The van der Waals surface area contributed by atoms with Crippen LogP contribution in [0.25, 0.3) is 10.9 Å². The summed E-state index contributed by atoms with van der Waals surface area (Å²) in [4.78, 5) is 4.65. The van der Waals surface area contributed by atoms with Gasteiger partial charge in [0.1, 0.15) is 12.4 Å². The SMILES string of the molecule is c1ccc(OCC(Cc2nn[nH]n2)OCc2ccc3ccccc3n2)cc1. The molecule has 7 heteroatoms. The largest absolute Gasteiger partial charge is 0.491 e. The van der Waals surface area contributed by atoms with Crippen molar-refractivity contribution in [3.63, 3.8) is 0 Å². The Hall–Kier alpha value is -3.32. The van der Waals surface area contributed by atoms with Gasteiger partial charge in [-0.2, -0.15) is 5.21 Å². The first-order valence-electron chi connectivity index (χ1n) is 8.73. The van der Waals surface area contributed by atoms with Crippen molar-refractivity contribution >= 4 is 10.9 Å². The molecule has 136 valence electrons. The van der Waals surface area contributed by atoms with Gasteiger partial charge in [-0.3, -0.25) is 4.98 Å². The highest BCUT2D eigenvalue weighted by molar-refractivity contribution is 5.78. The molecule has 2 aromatic carbocycles. The third-order valence-electron chi connectivity index (χ3n) is 4.10. The van der Waals surface area contributed by atoms with Gasteiger partial charge in [0.05, 0.1) is 23.9 Å². The van der Waals surface area contributed by atoms with E-state index in [9.17, 15) is 0 Å². The molecule has 27 heavy (non-hydrogen) atoms. The van der Waals surface area contributed by atoms with Gasteiger partial charge < -0.3 is 9.47 Å². The van der Waals surface area contributed by atoms with Crippen LogP contribution in [0, 0.1) is 0 Å². The number of ether oxygens (including phenoxy) is 2. The van der Waals surface area contributed by atoms with Gasteiger partial charge in [0.25, 0.3) is 0 Å². The highest BCUT2D eigenvalue weighted by Gasteiger charge is 2.15. The third kappa shape index (κ3) is 4.65. The molecule has 0 spiro atoms. The molecule has 0 saturated carbocycles. The van der Waals surface area contributed by atoms with Crippen LogP contribution in [0.15, 0.2) is 66.7 Å². The van der Waals surface area contributed by atoms with Crippen molar-refractivity contribution in [2.45, 2.75) is 19.1 Å². The average Bonchev–Trinajstić information content (AvgIpc) is 3.24. The first-order chi connectivity index (χ1) is 13.4. The lowest BCUT2D eigenvalue weighted by atomic mass is 10.2. The maximum atomic E-state index is 6.06. The number of rotatable bonds is 8. The maximum absolute atomic E-state index is 6.06. The number of aromatic amines is 1.